The van der Waals surface area contributed by atoms with Crippen LogP contribution < -0.4 is 21.9 Å². The molecular formula is C18H16ClN3OS. The van der Waals surface area contributed by atoms with E-state index in [9.17, 15) is 5.11 Å². The normalized spacial score (nSPS) is 14.4. The van der Waals surface area contributed by atoms with Crippen LogP contribution in [0.1, 0.15) is 5.01 Å². The fraction of sp³-hybridized carbons (Fsp3) is 0.111. The first kappa shape index (κ1) is 16.5. The van der Waals surface area contributed by atoms with Gasteiger partial charge in [0.15, 0.2) is 0 Å². The van der Waals surface area contributed by atoms with E-state index in [0.717, 1.165) is 20.9 Å². The van der Waals surface area contributed by atoms with Crippen LogP contribution >= 0.6 is 11.3 Å². The monoisotopic (exact) mass is 357 g/mol. The summed E-state index contributed by atoms with van der Waals surface area (Å²) in [6.45, 7) is 0.340. The molecular weight excluding hydrogens is 342 g/mol. The lowest BCUT2D eigenvalue weighted by Crippen LogP contribution is -3.00. The van der Waals surface area contributed by atoms with Crippen molar-refractivity contribution in [3.8, 4) is 0 Å². The second kappa shape index (κ2) is 6.26. The Morgan fingerprint density at radius 1 is 1.08 bits per heavy atom. The molecule has 2 aromatic carbocycles. The van der Waals surface area contributed by atoms with E-state index in [-0.39, 0.29) is 18.2 Å². The lowest BCUT2D eigenvalue weighted by Gasteiger charge is -2.17. The molecule has 1 aliphatic rings. The zero-order valence-corrected chi connectivity index (χ0v) is 14.6. The van der Waals surface area contributed by atoms with Gasteiger partial charge in [0.05, 0.1) is 6.54 Å². The van der Waals surface area contributed by atoms with E-state index >= 15 is 0 Å². The van der Waals surface area contributed by atoms with Crippen molar-refractivity contribution in [1.82, 2.24) is 0 Å². The summed E-state index contributed by atoms with van der Waals surface area (Å²) in [5.41, 5.74) is 2.65. The number of fused-ring (bicyclic) bond motifs is 1. The Morgan fingerprint density at radius 2 is 1.75 bits per heavy atom. The third-order valence-corrected chi connectivity index (χ3v) is 5.36. The van der Waals surface area contributed by atoms with Crippen LogP contribution in [0, 0.1) is 5.41 Å². The number of aliphatic hydroxyl groups is 1. The van der Waals surface area contributed by atoms with E-state index in [1.165, 1.54) is 0 Å². The van der Waals surface area contributed by atoms with E-state index < -0.39 is 0 Å². The number of anilines is 1. The van der Waals surface area contributed by atoms with Crippen molar-refractivity contribution in [2.24, 2.45) is 7.05 Å². The minimum atomic E-state index is 0. The van der Waals surface area contributed by atoms with Crippen LogP contribution in [0.15, 0.2) is 60.4 Å². The van der Waals surface area contributed by atoms with Gasteiger partial charge in [-0.3, -0.25) is 5.41 Å². The Labute approximate surface area is 150 Å². The maximum Gasteiger partial charge on any atom is 0.277 e. The van der Waals surface area contributed by atoms with Crippen LogP contribution in [0.25, 0.3) is 15.8 Å². The lowest BCUT2D eigenvalue weighted by atomic mass is 10.2. The van der Waals surface area contributed by atoms with E-state index in [0.29, 0.717) is 18.0 Å². The van der Waals surface area contributed by atoms with Gasteiger partial charge in [-0.2, -0.15) is 4.57 Å². The van der Waals surface area contributed by atoms with E-state index in [1.54, 1.807) is 11.3 Å². The van der Waals surface area contributed by atoms with Gasteiger partial charge in [-0.05, 0) is 18.2 Å². The maximum atomic E-state index is 10.5. The zero-order chi connectivity index (χ0) is 16.0. The molecule has 2 heterocycles. The molecule has 0 bridgehead atoms. The van der Waals surface area contributed by atoms with E-state index in [4.69, 9.17) is 5.41 Å². The van der Waals surface area contributed by atoms with Crippen molar-refractivity contribution in [3.05, 3.63) is 65.4 Å². The van der Waals surface area contributed by atoms with Gasteiger partial charge in [0.1, 0.15) is 28.9 Å². The number of rotatable bonds is 2. The predicted octanol–water partition coefficient (Wildman–Crippen LogP) is 0.496. The molecule has 6 heteroatoms. The Balaban J connectivity index is 0.00000169. The topological polar surface area (TPSA) is 51.2 Å². The summed E-state index contributed by atoms with van der Waals surface area (Å²) in [7, 11) is 1.98. The first-order valence-corrected chi connectivity index (χ1v) is 8.20. The average Bonchev–Trinajstić information content (AvgIpc) is 3.05. The van der Waals surface area contributed by atoms with E-state index in [1.807, 2.05) is 54.4 Å². The Bertz CT molecular complexity index is 949. The van der Waals surface area contributed by atoms with Crippen LogP contribution in [-0.2, 0) is 7.05 Å². The molecule has 3 aromatic rings. The van der Waals surface area contributed by atoms with Gasteiger partial charge >= 0.3 is 0 Å². The van der Waals surface area contributed by atoms with E-state index in [2.05, 4.69) is 16.7 Å². The first-order valence-electron chi connectivity index (χ1n) is 7.38. The minimum absolute atomic E-state index is 0. The third-order valence-electron chi connectivity index (χ3n) is 4.12. The second-order valence-electron chi connectivity index (χ2n) is 5.53. The van der Waals surface area contributed by atoms with Crippen molar-refractivity contribution in [1.29, 1.82) is 5.41 Å². The molecule has 122 valence electrons. The standard InChI is InChI=1S/C18H15N3OS.ClH/c1-20-13-9-5-6-10-15(13)23-18(20)16-14(22)11-21(17(16)19)12-7-3-2-4-8-12;/h2-10,19H,11H2,1H3;1H. The lowest BCUT2D eigenvalue weighted by molar-refractivity contribution is -0.642. The molecule has 4 nitrogen and oxygen atoms in total. The number of aryl methyl sites for hydroxylation is 1. The van der Waals surface area contributed by atoms with Gasteiger partial charge in [0, 0.05) is 11.8 Å². The second-order valence-corrected chi connectivity index (χ2v) is 6.56. The predicted molar refractivity (Wildman–Crippen MR) is 94.1 cm³/mol. The van der Waals surface area contributed by atoms with Crippen LogP contribution in [-0.4, -0.2) is 17.5 Å². The minimum Gasteiger partial charge on any atom is -1.00 e. The van der Waals surface area contributed by atoms with Crippen LogP contribution in [0.2, 0.25) is 0 Å². The molecule has 4 rings (SSSR count). The molecule has 0 atom stereocenters. The van der Waals surface area contributed by atoms with Gasteiger partial charge in [-0.1, -0.05) is 41.7 Å². The quantitative estimate of drug-likeness (QED) is 0.656. The molecule has 0 aliphatic carbocycles. The first-order chi connectivity index (χ1) is 11.2. The molecule has 0 amide bonds. The molecule has 0 saturated carbocycles. The Morgan fingerprint density at radius 3 is 2.46 bits per heavy atom. The number of aliphatic hydroxyl groups excluding tert-OH is 1. The summed E-state index contributed by atoms with van der Waals surface area (Å²) in [5.74, 6) is 0.594. The Hall–Kier alpha value is -2.37. The number of nitrogens with one attached hydrogen (secondary N) is 1. The highest BCUT2D eigenvalue weighted by atomic mass is 35.5. The highest BCUT2D eigenvalue weighted by molar-refractivity contribution is 7.19. The van der Waals surface area contributed by atoms with Gasteiger partial charge < -0.3 is 22.4 Å². The summed E-state index contributed by atoms with van der Waals surface area (Å²) >= 11 is 1.60. The van der Waals surface area contributed by atoms with Crippen molar-refractivity contribution in [2.45, 2.75) is 0 Å². The molecule has 0 unspecified atom stereocenters. The van der Waals surface area contributed by atoms with Crippen molar-refractivity contribution in [2.75, 3.05) is 11.4 Å². The fourth-order valence-corrected chi connectivity index (χ4v) is 4.17. The third kappa shape index (κ3) is 2.46. The maximum absolute atomic E-state index is 10.5. The van der Waals surface area contributed by atoms with Crippen molar-refractivity contribution >= 4 is 38.6 Å². The number of aromatic nitrogens is 1. The van der Waals surface area contributed by atoms with Crippen LogP contribution in [0.5, 0.6) is 0 Å². The number of amidine groups is 1. The van der Waals surface area contributed by atoms with Gasteiger partial charge in [-0.15, -0.1) is 0 Å². The number of para-hydroxylation sites is 2. The SMILES string of the molecule is C[n+]1c(C2=C(O)CN(c3ccccc3)C2=N)sc2ccccc21.[Cl-]. The van der Waals surface area contributed by atoms with Crippen LogP contribution in [0.3, 0.4) is 0 Å². The number of thiazole rings is 1. The van der Waals surface area contributed by atoms with Crippen LogP contribution in [0.4, 0.5) is 5.69 Å². The Kier molecular flexibility index (Phi) is 4.30. The molecule has 0 fully saturated rings. The van der Waals surface area contributed by atoms with Gasteiger partial charge in [-0.25, -0.2) is 0 Å². The van der Waals surface area contributed by atoms with Gasteiger partial charge in [0.25, 0.3) is 5.01 Å². The molecule has 0 spiro atoms. The summed E-state index contributed by atoms with van der Waals surface area (Å²) < 4.78 is 3.20. The molecule has 2 N–H and O–H groups in total. The summed E-state index contributed by atoms with van der Waals surface area (Å²) in [6, 6.07) is 17.9. The summed E-state index contributed by atoms with van der Waals surface area (Å²) in [6.07, 6.45) is 0. The van der Waals surface area contributed by atoms with Crippen molar-refractivity contribution < 1.29 is 22.1 Å². The summed E-state index contributed by atoms with van der Waals surface area (Å²) in [4.78, 5) is 1.83. The number of benzene rings is 2. The molecule has 1 aromatic heterocycles. The smallest absolute Gasteiger partial charge is 0.277 e. The molecule has 0 radical (unpaired) electrons. The zero-order valence-electron chi connectivity index (χ0n) is 13.0. The van der Waals surface area contributed by atoms with Crippen molar-refractivity contribution in [3.63, 3.8) is 0 Å². The number of hydrogen-bond donors (Lipinski definition) is 2. The number of hydrogen-bond acceptors (Lipinski definition) is 3. The largest absolute Gasteiger partial charge is 1.00 e. The molecule has 24 heavy (non-hydrogen) atoms. The molecule has 1 aliphatic heterocycles. The number of halogens is 1. The number of nitrogens with zero attached hydrogens (tertiary/aromatic N) is 2. The highest BCUT2D eigenvalue weighted by Gasteiger charge is 2.35. The summed E-state index contributed by atoms with van der Waals surface area (Å²) in [5, 5.41) is 19.9. The highest BCUT2D eigenvalue weighted by Crippen LogP contribution is 2.33. The molecule has 0 saturated heterocycles. The fourth-order valence-electron chi connectivity index (χ4n) is 2.95. The van der Waals surface area contributed by atoms with Gasteiger partial charge in [0.2, 0.25) is 5.52 Å². The average molecular weight is 358 g/mol.